The van der Waals surface area contributed by atoms with Crippen LogP contribution in [-0.2, 0) is 10.3 Å². The molecule has 2 aromatic rings. The minimum atomic E-state index is -1.42. The molecular formula is C26H33Cl2F2N3O3. The topological polar surface area (TPSA) is 108 Å². The number of amides is 1. The van der Waals surface area contributed by atoms with Crippen LogP contribution in [0.5, 0.6) is 0 Å². The summed E-state index contributed by atoms with van der Waals surface area (Å²) in [6.45, 7) is 5.68. The SMILES string of the molecule is CC(C)(C)C[C@H]1NC(C(=O)NCC[C@H](O)CO)[C@@H](c2cccc(Cl)c2F)[C@]1(N)c1ccc(Cl)c(F)c1. The van der Waals surface area contributed by atoms with E-state index in [1.807, 2.05) is 20.8 Å². The van der Waals surface area contributed by atoms with Gasteiger partial charge in [0.1, 0.15) is 11.6 Å². The largest absolute Gasteiger partial charge is 0.394 e. The van der Waals surface area contributed by atoms with E-state index >= 15 is 4.39 Å². The minimum Gasteiger partial charge on any atom is -0.394 e. The van der Waals surface area contributed by atoms with Gasteiger partial charge in [-0.05, 0) is 47.6 Å². The van der Waals surface area contributed by atoms with E-state index in [2.05, 4.69) is 10.6 Å². The third-order valence-electron chi connectivity index (χ3n) is 6.63. The van der Waals surface area contributed by atoms with Crippen LogP contribution in [0.15, 0.2) is 36.4 Å². The van der Waals surface area contributed by atoms with Crippen molar-refractivity contribution in [2.75, 3.05) is 13.2 Å². The number of nitrogens with one attached hydrogen (secondary N) is 2. The molecule has 0 bridgehead atoms. The van der Waals surface area contributed by atoms with Gasteiger partial charge >= 0.3 is 0 Å². The van der Waals surface area contributed by atoms with Crippen LogP contribution in [0.4, 0.5) is 8.78 Å². The Morgan fingerprint density at radius 3 is 2.53 bits per heavy atom. The summed E-state index contributed by atoms with van der Waals surface area (Å²) in [6, 6.07) is 7.17. The Labute approximate surface area is 220 Å². The van der Waals surface area contributed by atoms with E-state index in [0.29, 0.717) is 12.0 Å². The molecule has 0 aliphatic carbocycles. The molecule has 5 atom stereocenters. The minimum absolute atomic E-state index is 0.0807. The first kappa shape index (κ1) is 28.8. The van der Waals surface area contributed by atoms with Gasteiger partial charge in [-0.1, -0.05) is 62.2 Å². The molecule has 1 saturated heterocycles. The molecule has 6 N–H and O–H groups in total. The Bertz CT molecular complexity index is 1100. The second kappa shape index (κ2) is 11.3. The molecule has 1 aliphatic rings. The molecular weight excluding hydrogens is 511 g/mol. The number of rotatable bonds is 8. The quantitative estimate of drug-likeness (QED) is 0.347. The molecule has 2 aromatic carbocycles. The average molecular weight is 544 g/mol. The van der Waals surface area contributed by atoms with Crippen LogP contribution in [0, 0.1) is 17.0 Å². The highest BCUT2D eigenvalue weighted by molar-refractivity contribution is 6.31. The summed E-state index contributed by atoms with van der Waals surface area (Å²) in [5, 5.41) is 24.5. The van der Waals surface area contributed by atoms with E-state index in [1.54, 1.807) is 12.1 Å². The van der Waals surface area contributed by atoms with Crippen LogP contribution in [0.1, 0.15) is 50.7 Å². The van der Waals surface area contributed by atoms with Gasteiger partial charge < -0.3 is 26.6 Å². The standard InChI is InChI=1S/C26H33Cl2F2N3O3/c1-25(2,3)12-20-26(31,14-7-8-17(27)19(29)11-14)21(16-5-4-6-18(28)22(16)30)23(33-20)24(36)32-10-9-15(35)13-34/h4-8,11,15,20-21,23,33-35H,9-10,12-13,31H2,1-3H3,(H,32,36)/t15-,20+,21+,23?,26-/m0/s1. The summed E-state index contributed by atoms with van der Waals surface area (Å²) >= 11 is 12.1. The average Bonchev–Trinajstić information content (AvgIpc) is 3.08. The molecule has 1 heterocycles. The van der Waals surface area contributed by atoms with Gasteiger partial charge in [-0.3, -0.25) is 4.79 Å². The van der Waals surface area contributed by atoms with Crippen molar-refractivity contribution >= 4 is 29.1 Å². The number of hydrogen-bond acceptors (Lipinski definition) is 5. The number of hydrogen-bond donors (Lipinski definition) is 5. The van der Waals surface area contributed by atoms with E-state index in [9.17, 15) is 14.3 Å². The van der Waals surface area contributed by atoms with Crippen LogP contribution in [-0.4, -0.2) is 47.5 Å². The maximum Gasteiger partial charge on any atom is 0.237 e. The lowest BCUT2D eigenvalue weighted by Crippen LogP contribution is -2.52. The maximum atomic E-state index is 15.5. The van der Waals surface area contributed by atoms with E-state index in [-0.39, 0.29) is 34.0 Å². The smallest absolute Gasteiger partial charge is 0.237 e. The van der Waals surface area contributed by atoms with Crippen molar-refractivity contribution in [1.82, 2.24) is 10.6 Å². The molecule has 0 saturated carbocycles. The Morgan fingerprint density at radius 2 is 1.92 bits per heavy atom. The zero-order valence-electron chi connectivity index (χ0n) is 20.5. The van der Waals surface area contributed by atoms with Crippen LogP contribution in [0.25, 0.3) is 0 Å². The van der Waals surface area contributed by atoms with Crippen LogP contribution < -0.4 is 16.4 Å². The van der Waals surface area contributed by atoms with Crippen molar-refractivity contribution in [3.63, 3.8) is 0 Å². The molecule has 36 heavy (non-hydrogen) atoms. The molecule has 10 heteroatoms. The Hall–Kier alpha value is -1.81. The number of aliphatic hydroxyl groups excluding tert-OH is 2. The van der Waals surface area contributed by atoms with E-state index in [4.69, 9.17) is 34.0 Å². The van der Waals surface area contributed by atoms with E-state index in [1.165, 1.54) is 24.3 Å². The second-order valence-electron chi connectivity index (χ2n) is 10.6. The van der Waals surface area contributed by atoms with Crippen molar-refractivity contribution < 1.29 is 23.8 Å². The number of carbonyl (C=O) groups excluding carboxylic acids is 1. The van der Waals surface area contributed by atoms with Gasteiger partial charge in [0.2, 0.25) is 5.91 Å². The maximum absolute atomic E-state index is 15.5. The molecule has 1 fully saturated rings. The highest BCUT2D eigenvalue weighted by Crippen LogP contribution is 2.49. The summed E-state index contributed by atoms with van der Waals surface area (Å²) in [5.74, 6) is -2.82. The summed E-state index contributed by atoms with van der Waals surface area (Å²) in [4.78, 5) is 13.4. The lowest BCUT2D eigenvalue weighted by atomic mass is 9.68. The van der Waals surface area contributed by atoms with Gasteiger partial charge in [-0.25, -0.2) is 8.78 Å². The fourth-order valence-electron chi connectivity index (χ4n) is 4.92. The molecule has 0 spiro atoms. The monoisotopic (exact) mass is 543 g/mol. The number of carbonyl (C=O) groups is 1. The number of nitrogens with two attached hydrogens (primary N) is 1. The van der Waals surface area contributed by atoms with Gasteiger partial charge in [0.05, 0.1) is 34.3 Å². The molecule has 1 aliphatic heterocycles. The third-order valence-corrected chi connectivity index (χ3v) is 7.23. The highest BCUT2D eigenvalue weighted by atomic mass is 35.5. The summed E-state index contributed by atoms with van der Waals surface area (Å²) < 4.78 is 30.1. The fraction of sp³-hybridized carbons (Fsp3) is 0.500. The Kier molecular flexibility index (Phi) is 9.02. The number of benzene rings is 2. The van der Waals surface area contributed by atoms with Crippen molar-refractivity contribution in [3.8, 4) is 0 Å². The Morgan fingerprint density at radius 1 is 1.22 bits per heavy atom. The number of aliphatic hydroxyl groups is 2. The van der Waals surface area contributed by atoms with Gasteiger partial charge in [0.15, 0.2) is 0 Å². The van der Waals surface area contributed by atoms with Crippen molar-refractivity contribution in [2.45, 2.75) is 63.3 Å². The number of halogens is 4. The molecule has 0 aromatic heterocycles. The molecule has 1 unspecified atom stereocenters. The second-order valence-corrected chi connectivity index (χ2v) is 11.4. The predicted molar refractivity (Wildman–Crippen MR) is 137 cm³/mol. The normalized spacial score (nSPS) is 25.1. The zero-order valence-corrected chi connectivity index (χ0v) is 22.0. The van der Waals surface area contributed by atoms with Crippen LogP contribution >= 0.6 is 23.2 Å². The van der Waals surface area contributed by atoms with E-state index in [0.717, 1.165) is 0 Å². The first-order valence-electron chi connectivity index (χ1n) is 11.8. The third kappa shape index (κ3) is 6.01. The fourth-order valence-corrected chi connectivity index (χ4v) is 5.22. The van der Waals surface area contributed by atoms with Crippen molar-refractivity contribution in [1.29, 1.82) is 0 Å². The summed E-state index contributed by atoms with van der Waals surface area (Å²) in [5.41, 5.74) is 5.96. The zero-order chi connectivity index (χ0) is 26.8. The first-order chi connectivity index (χ1) is 16.8. The summed E-state index contributed by atoms with van der Waals surface area (Å²) in [6.07, 6.45) is -0.367. The molecule has 1 amide bonds. The van der Waals surface area contributed by atoms with Gasteiger partial charge in [0, 0.05) is 18.5 Å². The van der Waals surface area contributed by atoms with Crippen molar-refractivity contribution in [2.24, 2.45) is 11.1 Å². The highest BCUT2D eigenvalue weighted by Gasteiger charge is 2.57. The molecule has 198 valence electrons. The van der Waals surface area contributed by atoms with Crippen LogP contribution in [0.3, 0.4) is 0 Å². The van der Waals surface area contributed by atoms with Gasteiger partial charge in [-0.2, -0.15) is 0 Å². The van der Waals surface area contributed by atoms with Gasteiger partial charge in [-0.15, -0.1) is 0 Å². The van der Waals surface area contributed by atoms with Crippen molar-refractivity contribution in [3.05, 3.63) is 69.2 Å². The summed E-state index contributed by atoms with van der Waals surface area (Å²) in [7, 11) is 0. The van der Waals surface area contributed by atoms with E-state index < -0.39 is 53.8 Å². The molecule has 3 rings (SSSR count). The lowest BCUT2D eigenvalue weighted by molar-refractivity contribution is -0.123. The molecule has 0 radical (unpaired) electrons. The predicted octanol–water partition coefficient (Wildman–Crippen LogP) is 3.85. The van der Waals surface area contributed by atoms with Gasteiger partial charge in [0.25, 0.3) is 0 Å². The Balaban J connectivity index is 2.16. The van der Waals surface area contributed by atoms with Crippen LogP contribution in [0.2, 0.25) is 10.0 Å². The molecule has 6 nitrogen and oxygen atoms in total. The first-order valence-corrected chi connectivity index (χ1v) is 12.6. The lowest BCUT2D eigenvalue weighted by Gasteiger charge is -2.39.